The molecule has 4 rings (SSSR count). The molecule has 3 aliphatic heterocycles. The normalized spacial score (nSPS) is 32.5. The number of rotatable bonds is 3. The first-order valence-corrected chi connectivity index (χ1v) is 10.8. The summed E-state index contributed by atoms with van der Waals surface area (Å²) in [5.74, 6) is 0.525. The third-order valence-corrected chi connectivity index (χ3v) is 8.25. The zero-order valence-corrected chi connectivity index (χ0v) is 17.1. The second-order valence-corrected chi connectivity index (χ2v) is 10.7. The molecule has 1 aromatic rings. The fraction of sp³-hybridized carbons (Fsp3) is 0.667. The predicted molar refractivity (Wildman–Crippen MR) is 108 cm³/mol. The number of Topliss-reactive ketones (excluding diaryl/α,β-unsaturated/α-hetero) is 1. The highest BCUT2D eigenvalue weighted by Crippen LogP contribution is 2.44. The van der Waals surface area contributed by atoms with E-state index in [1.54, 1.807) is 0 Å². The van der Waals surface area contributed by atoms with Crippen molar-refractivity contribution in [1.82, 2.24) is 0 Å². The van der Waals surface area contributed by atoms with Gasteiger partial charge in [0, 0.05) is 22.0 Å². The van der Waals surface area contributed by atoms with Gasteiger partial charge >= 0.3 is 7.12 Å². The van der Waals surface area contributed by atoms with Crippen LogP contribution >= 0.6 is 11.8 Å². The molecule has 1 aromatic carbocycles. The van der Waals surface area contributed by atoms with E-state index in [0.717, 1.165) is 23.9 Å². The molecule has 0 amide bonds. The zero-order chi connectivity index (χ0) is 18.5. The van der Waals surface area contributed by atoms with Crippen LogP contribution in [-0.4, -0.2) is 34.6 Å². The average molecular weight is 372 g/mol. The fourth-order valence-electron chi connectivity index (χ4n) is 4.29. The Labute approximate surface area is 161 Å². The maximum Gasteiger partial charge on any atom is 0.494 e. The zero-order valence-electron chi connectivity index (χ0n) is 16.3. The number of thioether (sulfide) groups is 1. The molecule has 3 nitrogen and oxygen atoms in total. The third kappa shape index (κ3) is 3.38. The van der Waals surface area contributed by atoms with Crippen LogP contribution < -0.4 is 5.46 Å². The summed E-state index contributed by atoms with van der Waals surface area (Å²) in [4.78, 5) is 13.0. The van der Waals surface area contributed by atoms with Crippen LogP contribution in [0.1, 0.15) is 70.2 Å². The summed E-state index contributed by atoms with van der Waals surface area (Å²) in [6.45, 7) is 8.23. The second kappa shape index (κ2) is 6.68. The Bertz CT molecular complexity index is 657. The van der Waals surface area contributed by atoms with Crippen molar-refractivity contribution in [3.05, 3.63) is 29.8 Å². The van der Waals surface area contributed by atoms with Crippen LogP contribution in [0, 0.1) is 5.92 Å². The Morgan fingerprint density at radius 1 is 1.00 bits per heavy atom. The third-order valence-electron chi connectivity index (χ3n) is 6.62. The molecule has 2 bridgehead atoms. The van der Waals surface area contributed by atoms with Gasteiger partial charge in [0.1, 0.15) is 0 Å². The first kappa shape index (κ1) is 18.6. The predicted octanol–water partition coefficient (Wildman–Crippen LogP) is 4.23. The molecule has 0 N–H and O–H groups in total. The molecule has 0 aliphatic carbocycles. The molecule has 140 valence electrons. The van der Waals surface area contributed by atoms with Gasteiger partial charge in [0.2, 0.25) is 0 Å². The lowest BCUT2D eigenvalue weighted by molar-refractivity contribution is 0.00578. The fourth-order valence-corrected chi connectivity index (χ4v) is 6.13. The lowest BCUT2D eigenvalue weighted by Gasteiger charge is -2.37. The van der Waals surface area contributed by atoms with E-state index < -0.39 is 0 Å². The lowest BCUT2D eigenvalue weighted by atomic mass is 9.78. The van der Waals surface area contributed by atoms with Crippen LogP contribution in [0.25, 0.3) is 0 Å². The molecule has 0 radical (unpaired) electrons. The number of hydrogen-bond acceptors (Lipinski definition) is 4. The van der Waals surface area contributed by atoms with Gasteiger partial charge < -0.3 is 9.31 Å². The van der Waals surface area contributed by atoms with Crippen molar-refractivity contribution >= 4 is 30.1 Å². The summed E-state index contributed by atoms with van der Waals surface area (Å²) in [5, 5.41) is 1.39. The van der Waals surface area contributed by atoms with E-state index in [2.05, 4.69) is 39.5 Å². The van der Waals surface area contributed by atoms with Crippen LogP contribution in [0.5, 0.6) is 0 Å². The van der Waals surface area contributed by atoms with E-state index in [-0.39, 0.29) is 24.2 Å². The van der Waals surface area contributed by atoms with Crippen molar-refractivity contribution in [1.29, 1.82) is 0 Å². The molecule has 0 spiro atoms. The van der Waals surface area contributed by atoms with Gasteiger partial charge in [-0.25, -0.2) is 0 Å². The lowest BCUT2D eigenvalue weighted by Crippen LogP contribution is -2.41. The maximum absolute atomic E-state index is 13.0. The summed E-state index contributed by atoms with van der Waals surface area (Å²) in [5.41, 5.74) is 1.13. The van der Waals surface area contributed by atoms with Crippen LogP contribution in [0.4, 0.5) is 0 Å². The topological polar surface area (TPSA) is 35.5 Å². The molecule has 26 heavy (non-hydrogen) atoms. The molecular formula is C21H29BO3S. The minimum absolute atomic E-state index is 0.203. The number of carbonyl (C=O) groups excluding carboxylic acids is 1. The smallest absolute Gasteiger partial charge is 0.399 e. The first-order valence-electron chi connectivity index (χ1n) is 9.90. The maximum atomic E-state index is 13.0. The van der Waals surface area contributed by atoms with E-state index in [0.29, 0.717) is 16.3 Å². The minimum atomic E-state index is -0.366. The number of ketones is 1. The standard InChI is InChI=1S/C21H29BO3S/c1-20(2)21(3,4)25-22(24-20)16-10-8-14(9-11-16)19(23)15-12-17-6-5-7-18(13-15)26-17/h8-11,15,17-18H,5-7,12-13H2,1-4H3. The molecule has 0 saturated carbocycles. The molecule has 3 heterocycles. The van der Waals surface area contributed by atoms with Crippen molar-refractivity contribution in [2.24, 2.45) is 5.92 Å². The highest BCUT2D eigenvalue weighted by Gasteiger charge is 2.51. The summed E-state index contributed by atoms with van der Waals surface area (Å²) < 4.78 is 12.2. The van der Waals surface area contributed by atoms with Gasteiger partial charge in [0.05, 0.1) is 11.2 Å². The molecule has 2 unspecified atom stereocenters. The van der Waals surface area contributed by atoms with E-state index in [9.17, 15) is 4.79 Å². The Morgan fingerprint density at radius 2 is 1.54 bits per heavy atom. The molecule has 2 atom stereocenters. The Kier molecular flexibility index (Phi) is 4.77. The van der Waals surface area contributed by atoms with Crippen molar-refractivity contribution in [2.45, 2.75) is 81.5 Å². The molecule has 3 saturated heterocycles. The number of carbonyl (C=O) groups is 1. The Balaban J connectivity index is 1.46. The second-order valence-electron chi connectivity index (χ2n) is 9.05. The Morgan fingerprint density at radius 3 is 2.08 bits per heavy atom. The van der Waals surface area contributed by atoms with Gasteiger partial charge in [0.25, 0.3) is 0 Å². The van der Waals surface area contributed by atoms with Crippen LogP contribution in [0.3, 0.4) is 0 Å². The molecule has 5 heteroatoms. The van der Waals surface area contributed by atoms with Gasteiger partial charge in [-0.3, -0.25) is 4.79 Å². The molecule has 3 aliphatic rings. The van der Waals surface area contributed by atoms with Crippen molar-refractivity contribution in [2.75, 3.05) is 0 Å². The van der Waals surface area contributed by atoms with Gasteiger partial charge in [-0.1, -0.05) is 30.7 Å². The van der Waals surface area contributed by atoms with E-state index in [4.69, 9.17) is 9.31 Å². The van der Waals surface area contributed by atoms with Crippen LogP contribution in [0.15, 0.2) is 24.3 Å². The summed E-state index contributed by atoms with van der Waals surface area (Å²) in [7, 11) is -0.366. The van der Waals surface area contributed by atoms with Gasteiger partial charge in [0.15, 0.2) is 5.78 Å². The van der Waals surface area contributed by atoms with Crippen molar-refractivity contribution < 1.29 is 14.1 Å². The minimum Gasteiger partial charge on any atom is -0.399 e. The van der Waals surface area contributed by atoms with Crippen LogP contribution in [0.2, 0.25) is 0 Å². The average Bonchev–Trinajstić information content (AvgIpc) is 2.82. The van der Waals surface area contributed by atoms with E-state index >= 15 is 0 Å². The highest BCUT2D eigenvalue weighted by atomic mass is 32.2. The number of benzene rings is 1. The van der Waals surface area contributed by atoms with Gasteiger partial charge in [-0.05, 0) is 58.8 Å². The monoisotopic (exact) mass is 372 g/mol. The summed E-state index contributed by atoms with van der Waals surface area (Å²) >= 11 is 2.12. The molecule has 3 fully saturated rings. The van der Waals surface area contributed by atoms with E-state index in [1.807, 2.05) is 24.3 Å². The number of hydrogen-bond donors (Lipinski definition) is 0. The van der Waals surface area contributed by atoms with E-state index in [1.165, 1.54) is 19.3 Å². The molecule has 0 aromatic heterocycles. The van der Waals surface area contributed by atoms with Gasteiger partial charge in [-0.15, -0.1) is 0 Å². The largest absolute Gasteiger partial charge is 0.494 e. The Hall–Kier alpha value is -0.775. The number of fused-ring (bicyclic) bond motifs is 2. The first-order chi connectivity index (χ1) is 12.2. The highest BCUT2D eigenvalue weighted by molar-refractivity contribution is 8.00. The molecular weight excluding hydrogens is 343 g/mol. The summed E-state index contributed by atoms with van der Waals surface area (Å²) in [6.07, 6.45) is 6.02. The van der Waals surface area contributed by atoms with Gasteiger partial charge in [-0.2, -0.15) is 11.8 Å². The van der Waals surface area contributed by atoms with Crippen molar-refractivity contribution in [3.63, 3.8) is 0 Å². The summed E-state index contributed by atoms with van der Waals surface area (Å²) in [6, 6.07) is 7.90. The van der Waals surface area contributed by atoms with Crippen LogP contribution in [-0.2, 0) is 9.31 Å². The quantitative estimate of drug-likeness (QED) is 0.588. The SMILES string of the molecule is CC1(C)OB(c2ccc(C(=O)C3CC4CCCC(C3)S4)cc2)OC1(C)C. The van der Waals surface area contributed by atoms with Crippen molar-refractivity contribution in [3.8, 4) is 0 Å².